The van der Waals surface area contributed by atoms with Crippen LogP contribution in [0.15, 0.2) is 77.2 Å². The Kier molecular flexibility index (Phi) is 4.99. The van der Waals surface area contributed by atoms with Gasteiger partial charge in [-0.3, -0.25) is 14.2 Å². The van der Waals surface area contributed by atoms with Crippen LogP contribution in [-0.4, -0.2) is 26.2 Å². The van der Waals surface area contributed by atoms with Crippen LogP contribution < -0.4 is 10.9 Å². The van der Waals surface area contributed by atoms with E-state index >= 15 is 0 Å². The van der Waals surface area contributed by atoms with Crippen molar-refractivity contribution in [1.82, 2.24) is 14.5 Å². The zero-order valence-electron chi connectivity index (χ0n) is 15.0. The lowest BCUT2D eigenvalue weighted by atomic mass is 10.2. The number of H-pyrrole nitrogens is 1. The van der Waals surface area contributed by atoms with Crippen LogP contribution in [0.2, 0.25) is 0 Å². The standard InChI is InChI=1S/C21H18N4O2S/c1-2-12-25-20(27)19-18(15-10-6-7-11-16(15)23-19)24-21(25)28-13-17(26)22-14-8-4-3-5-9-14/h2-11,23H,1,12-13H2,(H,22,26). The second kappa shape index (κ2) is 7.74. The van der Waals surface area contributed by atoms with Gasteiger partial charge in [-0.25, -0.2) is 4.98 Å². The normalized spacial score (nSPS) is 11.0. The summed E-state index contributed by atoms with van der Waals surface area (Å²) in [4.78, 5) is 33.1. The largest absolute Gasteiger partial charge is 0.349 e. The predicted molar refractivity (Wildman–Crippen MR) is 114 cm³/mol. The molecule has 0 unspecified atom stereocenters. The number of aromatic nitrogens is 3. The number of carbonyl (C=O) groups excluding carboxylic acids is 1. The maximum Gasteiger partial charge on any atom is 0.278 e. The topological polar surface area (TPSA) is 79.8 Å². The molecule has 1 amide bonds. The molecule has 2 heterocycles. The zero-order valence-corrected chi connectivity index (χ0v) is 15.8. The SMILES string of the molecule is C=CCn1c(SCC(=O)Nc2ccccc2)nc2c([nH]c3ccccc32)c1=O. The highest BCUT2D eigenvalue weighted by Crippen LogP contribution is 2.24. The average Bonchev–Trinajstić information content (AvgIpc) is 3.09. The predicted octanol–water partition coefficient (Wildman–Crippen LogP) is 3.79. The summed E-state index contributed by atoms with van der Waals surface area (Å²) in [7, 11) is 0. The molecule has 0 fully saturated rings. The molecule has 2 aromatic carbocycles. The first-order valence-electron chi connectivity index (χ1n) is 8.77. The van der Waals surface area contributed by atoms with Crippen molar-refractivity contribution < 1.29 is 4.79 Å². The molecule has 0 saturated heterocycles. The number of para-hydroxylation sites is 2. The summed E-state index contributed by atoms with van der Waals surface area (Å²) in [5.41, 5.74) is 2.49. The van der Waals surface area contributed by atoms with Crippen molar-refractivity contribution in [3.63, 3.8) is 0 Å². The van der Waals surface area contributed by atoms with E-state index in [1.54, 1.807) is 6.08 Å². The number of nitrogens with zero attached hydrogens (tertiary/aromatic N) is 2. The fourth-order valence-electron chi connectivity index (χ4n) is 3.02. The van der Waals surface area contributed by atoms with Gasteiger partial charge in [0.15, 0.2) is 5.16 Å². The number of hydrogen-bond acceptors (Lipinski definition) is 4. The van der Waals surface area contributed by atoms with Crippen molar-refractivity contribution >= 4 is 45.3 Å². The summed E-state index contributed by atoms with van der Waals surface area (Å²) < 4.78 is 1.53. The monoisotopic (exact) mass is 390 g/mol. The first kappa shape index (κ1) is 18.1. The molecule has 7 heteroatoms. The van der Waals surface area contributed by atoms with Gasteiger partial charge in [-0.2, -0.15) is 0 Å². The van der Waals surface area contributed by atoms with Crippen molar-refractivity contribution in [3.8, 4) is 0 Å². The molecule has 0 saturated carbocycles. The highest BCUT2D eigenvalue weighted by Gasteiger charge is 2.16. The van der Waals surface area contributed by atoms with Gasteiger partial charge in [0.1, 0.15) is 11.0 Å². The van der Waals surface area contributed by atoms with Crippen molar-refractivity contribution in [2.45, 2.75) is 11.7 Å². The van der Waals surface area contributed by atoms with Gasteiger partial charge in [0.25, 0.3) is 5.56 Å². The zero-order chi connectivity index (χ0) is 19.5. The minimum absolute atomic E-state index is 0.145. The number of fused-ring (bicyclic) bond motifs is 3. The van der Waals surface area contributed by atoms with E-state index < -0.39 is 0 Å². The summed E-state index contributed by atoms with van der Waals surface area (Å²) in [6.45, 7) is 4.05. The number of rotatable bonds is 6. The number of nitrogens with one attached hydrogen (secondary N) is 2. The Bertz CT molecular complexity index is 1230. The third-order valence-corrected chi connectivity index (χ3v) is 5.25. The van der Waals surface area contributed by atoms with E-state index in [2.05, 4.69) is 21.9 Å². The second-order valence-electron chi connectivity index (χ2n) is 6.20. The molecule has 140 valence electrons. The van der Waals surface area contributed by atoms with Crippen LogP contribution in [0.25, 0.3) is 21.9 Å². The van der Waals surface area contributed by atoms with E-state index in [-0.39, 0.29) is 17.2 Å². The molecule has 2 aromatic heterocycles. The third-order valence-electron chi connectivity index (χ3n) is 4.28. The molecule has 4 aromatic rings. The number of hydrogen-bond donors (Lipinski definition) is 2. The van der Waals surface area contributed by atoms with Crippen molar-refractivity contribution in [1.29, 1.82) is 0 Å². The Hall–Kier alpha value is -3.32. The summed E-state index contributed by atoms with van der Waals surface area (Å²) in [5, 5.41) is 4.21. The average molecular weight is 390 g/mol. The highest BCUT2D eigenvalue weighted by atomic mass is 32.2. The Balaban J connectivity index is 1.67. The van der Waals surface area contributed by atoms with Crippen molar-refractivity contribution in [2.75, 3.05) is 11.1 Å². The van der Waals surface area contributed by atoms with Gasteiger partial charge in [-0.05, 0) is 18.2 Å². The Morgan fingerprint density at radius 3 is 2.71 bits per heavy atom. The van der Waals surface area contributed by atoms with Gasteiger partial charge in [-0.15, -0.1) is 6.58 Å². The van der Waals surface area contributed by atoms with E-state index in [0.717, 1.165) is 16.6 Å². The van der Waals surface area contributed by atoms with Crippen LogP contribution in [0.4, 0.5) is 5.69 Å². The number of benzene rings is 2. The van der Waals surface area contributed by atoms with Gasteiger partial charge < -0.3 is 10.3 Å². The van der Waals surface area contributed by atoms with Crippen LogP contribution in [0.3, 0.4) is 0 Å². The molecule has 0 bridgehead atoms. The first-order chi connectivity index (χ1) is 13.7. The summed E-state index contributed by atoms with van der Waals surface area (Å²) >= 11 is 1.23. The third kappa shape index (κ3) is 3.44. The Morgan fingerprint density at radius 1 is 1.18 bits per heavy atom. The lowest BCUT2D eigenvalue weighted by molar-refractivity contribution is -0.113. The van der Waals surface area contributed by atoms with Gasteiger partial charge in [-0.1, -0.05) is 54.2 Å². The number of thioether (sulfide) groups is 1. The molecule has 0 aliphatic carbocycles. The molecule has 2 N–H and O–H groups in total. The number of amides is 1. The van der Waals surface area contributed by atoms with E-state index in [0.29, 0.717) is 22.7 Å². The highest BCUT2D eigenvalue weighted by molar-refractivity contribution is 7.99. The van der Waals surface area contributed by atoms with Crippen LogP contribution >= 0.6 is 11.8 Å². The van der Waals surface area contributed by atoms with E-state index in [4.69, 9.17) is 0 Å². The van der Waals surface area contributed by atoms with Crippen LogP contribution in [0.5, 0.6) is 0 Å². The lowest BCUT2D eigenvalue weighted by Gasteiger charge is -2.10. The molecule has 4 rings (SSSR count). The molecule has 0 aliphatic rings. The molecule has 6 nitrogen and oxygen atoms in total. The van der Waals surface area contributed by atoms with Crippen LogP contribution in [0, 0.1) is 0 Å². The fourth-order valence-corrected chi connectivity index (χ4v) is 3.83. The summed E-state index contributed by atoms with van der Waals surface area (Å²) in [6.07, 6.45) is 1.64. The second-order valence-corrected chi connectivity index (χ2v) is 7.14. The number of allylic oxidation sites excluding steroid dienone is 1. The number of aromatic amines is 1. The number of carbonyl (C=O) groups is 1. The van der Waals surface area contributed by atoms with Crippen LogP contribution in [0.1, 0.15) is 0 Å². The van der Waals surface area contributed by atoms with E-state index in [1.165, 1.54) is 16.3 Å². The van der Waals surface area contributed by atoms with Gasteiger partial charge in [0.05, 0.1) is 5.75 Å². The smallest absolute Gasteiger partial charge is 0.278 e. The summed E-state index contributed by atoms with van der Waals surface area (Å²) in [5.74, 6) is -0.0126. The Labute approximate surface area is 165 Å². The van der Waals surface area contributed by atoms with E-state index in [9.17, 15) is 9.59 Å². The maximum atomic E-state index is 13.0. The minimum atomic E-state index is -0.174. The lowest BCUT2D eigenvalue weighted by Crippen LogP contribution is -2.23. The maximum absolute atomic E-state index is 13.0. The van der Waals surface area contributed by atoms with Crippen molar-refractivity contribution in [3.05, 3.63) is 77.6 Å². The quantitative estimate of drug-likeness (QED) is 0.298. The van der Waals surface area contributed by atoms with Gasteiger partial charge in [0.2, 0.25) is 5.91 Å². The number of anilines is 1. The Morgan fingerprint density at radius 2 is 1.93 bits per heavy atom. The molecule has 28 heavy (non-hydrogen) atoms. The molecule has 0 radical (unpaired) electrons. The van der Waals surface area contributed by atoms with E-state index in [1.807, 2.05) is 54.6 Å². The molecule has 0 aliphatic heterocycles. The molecule has 0 atom stereocenters. The molecular weight excluding hydrogens is 372 g/mol. The van der Waals surface area contributed by atoms with Gasteiger partial charge >= 0.3 is 0 Å². The summed E-state index contributed by atoms with van der Waals surface area (Å²) in [6, 6.07) is 16.9. The van der Waals surface area contributed by atoms with Crippen LogP contribution in [-0.2, 0) is 11.3 Å². The van der Waals surface area contributed by atoms with Gasteiger partial charge in [0, 0.05) is 23.1 Å². The fraction of sp³-hybridized carbons (Fsp3) is 0.0952. The first-order valence-corrected chi connectivity index (χ1v) is 9.76. The molecular formula is C21H18N4O2S. The molecule has 0 spiro atoms. The van der Waals surface area contributed by atoms with Crippen molar-refractivity contribution in [2.24, 2.45) is 0 Å². The minimum Gasteiger partial charge on any atom is -0.349 e.